The van der Waals surface area contributed by atoms with Gasteiger partial charge in [0.15, 0.2) is 0 Å². The zero-order valence-corrected chi connectivity index (χ0v) is 19.0. The number of piperidine rings is 1. The van der Waals surface area contributed by atoms with Crippen LogP contribution in [0.25, 0.3) is 0 Å². The van der Waals surface area contributed by atoms with E-state index in [1.54, 1.807) is 6.07 Å². The molecule has 0 aromatic heterocycles. The number of benzene rings is 2. The van der Waals surface area contributed by atoms with E-state index in [4.69, 9.17) is 4.74 Å². The highest BCUT2D eigenvalue weighted by atomic mass is 32.2. The van der Waals surface area contributed by atoms with Crippen molar-refractivity contribution in [3.05, 3.63) is 42.5 Å². The van der Waals surface area contributed by atoms with Crippen LogP contribution in [0, 0.1) is 0 Å². The molecule has 164 valence electrons. The van der Waals surface area contributed by atoms with Crippen LogP contribution in [0.2, 0.25) is 0 Å². The summed E-state index contributed by atoms with van der Waals surface area (Å²) in [6, 6.07) is 10.5. The largest absolute Gasteiger partial charge is 0.497 e. The van der Waals surface area contributed by atoms with Gasteiger partial charge in [0.25, 0.3) is 10.0 Å². The minimum absolute atomic E-state index is 0.0207. The second-order valence-electron chi connectivity index (χ2n) is 7.30. The van der Waals surface area contributed by atoms with E-state index in [1.807, 2.05) is 12.1 Å². The molecule has 30 heavy (non-hydrogen) atoms. The molecule has 1 aliphatic heterocycles. The standard InChI is InChI=1S/C20H27N3O5S2/c1-22(2)30(26,27)18-10-8-17(9-11-18)29(24,25)21-19-15-16(28-3)7-12-20(19)23-13-5-4-6-14-23/h7-12,15,21H,4-6,13-14H2,1-3H3. The molecule has 3 rings (SSSR count). The number of anilines is 2. The number of methoxy groups -OCH3 is 1. The van der Waals surface area contributed by atoms with Crippen LogP contribution < -0.4 is 14.4 Å². The normalized spacial score (nSPS) is 15.3. The van der Waals surface area contributed by atoms with E-state index in [9.17, 15) is 16.8 Å². The first kappa shape index (κ1) is 22.4. The first-order valence-electron chi connectivity index (χ1n) is 9.63. The molecule has 8 nitrogen and oxygen atoms in total. The Morgan fingerprint density at radius 3 is 2.07 bits per heavy atom. The quantitative estimate of drug-likeness (QED) is 0.693. The number of sulfonamides is 2. The molecule has 0 unspecified atom stereocenters. The molecular weight excluding hydrogens is 426 g/mol. The maximum absolute atomic E-state index is 13.0. The predicted molar refractivity (Wildman–Crippen MR) is 117 cm³/mol. The maximum Gasteiger partial charge on any atom is 0.261 e. The molecule has 1 aliphatic rings. The average molecular weight is 454 g/mol. The Morgan fingerprint density at radius 1 is 0.900 bits per heavy atom. The van der Waals surface area contributed by atoms with E-state index in [-0.39, 0.29) is 9.79 Å². The van der Waals surface area contributed by atoms with Gasteiger partial charge in [-0.25, -0.2) is 21.1 Å². The highest BCUT2D eigenvalue weighted by Gasteiger charge is 2.22. The van der Waals surface area contributed by atoms with Crippen LogP contribution in [0.1, 0.15) is 19.3 Å². The molecule has 10 heteroatoms. The third-order valence-electron chi connectivity index (χ3n) is 5.06. The van der Waals surface area contributed by atoms with Crippen molar-refractivity contribution in [1.29, 1.82) is 0 Å². The average Bonchev–Trinajstić information content (AvgIpc) is 2.74. The summed E-state index contributed by atoms with van der Waals surface area (Å²) in [6.07, 6.45) is 3.27. The maximum atomic E-state index is 13.0. The SMILES string of the molecule is COc1ccc(N2CCCCC2)c(NS(=O)(=O)c2ccc(S(=O)(=O)N(C)C)cc2)c1. The first-order valence-corrected chi connectivity index (χ1v) is 12.6. The molecule has 1 heterocycles. The number of ether oxygens (including phenoxy) is 1. The Balaban J connectivity index is 1.93. The second-order valence-corrected chi connectivity index (χ2v) is 11.1. The third-order valence-corrected chi connectivity index (χ3v) is 8.27. The number of nitrogens with zero attached hydrogens (tertiary/aromatic N) is 2. The Hall–Kier alpha value is -2.30. The van der Waals surface area contributed by atoms with Crippen molar-refractivity contribution in [2.24, 2.45) is 0 Å². The van der Waals surface area contributed by atoms with Gasteiger partial charge >= 0.3 is 0 Å². The zero-order valence-electron chi connectivity index (χ0n) is 17.3. The molecule has 0 spiro atoms. The van der Waals surface area contributed by atoms with E-state index in [0.29, 0.717) is 11.4 Å². The molecular formula is C20H27N3O5S2. The van der Waals surface area contributed by atoms with Gasteiger partial charge in [0, 0.05) is 33.3 Å². The van der Waals surface area contributed by atoms with Crippen molar-refractivity contribution in [3.8, 4) is 5.75 Å². The Bertz CT molecular complexity index is 1090. The van der Waals surface area contributed by atoms with Gasteiger partial charge in [0.1, 0.15) is 5.75 Å². The highest BCUT2D eigenvalue weighted by molar-refractivity contribution is 7.92. The van der Waals surface area contributed by atoms with Gasteiger partial charge in [-0.3, -0.25) is 4.72 Å². The van der Waals surface area contributed by atoms with Crippen LogP contribution in [-0.2, 0) is 20.0 Å². The Kier molecular flexibility index (Phi) is 6.59. The summed E-state index contributed by atoms with van der Waals surface area (Å²) >= 11 is 0. The number of hydrogen-bond acceptors (Lipinski definition) is 6. The van der Waals surface area contributed by atoms with Gasteiger partial charge in [-0.05, 0) is 55.7 Å². The van der Waals surface area contributed by atoms with Gasteiger partial charge in [0.2, 0.25) is 10.0 Å². The number of hydrogen-bond donors (Lipinski definition) is 1. The zero-order chi connectivity index (χ0) is 21.9. The van der Waals surface area contributed by atoms with Crippen LogP contribution in [0.15, 0.2) is 52.3 Å². The van der Waals surface area contributed by atoms with E-state index < -0.39 is 20.0 Å². The van der Waals surface area contributed by atoms with Crippen molar-refractivity contribution in [3.63, 3.8) is 0 Å². The van der Waals surface area contributed by atoms with Gasteiger partial charge in [-0.15, -0.1) is 0 Å². The summed E-state index contributed by atoms with van der Waals surface area (Å²) in [5, 5.41) is 0. The second kappa shape index (κ2) is 8.83. The minimum Gasteiger partial charge on any atom is -0.497 e. The summed E-state index contributed by atoms with van der Waals surface area (Å²) in [7, 11) is -3.18. The molecule has 0 bridgehead atoms. The number of nitrogens with one attached hydrogen (secondary N) is 1. The fourth-order valence-corrected chi connectivity index (χ4v) is 5.31. The fraction of sp³-hybridized carbons (Fsp3) is 0.400. The van der Waals surface area contributed by atoms with Crippen molar-refractivity contribution in [1.82, 2.24) is 4.31 Å². The topological polar surface area (TPSA) is 96.0 Å². The summed E-state index contributed by atoms with van der Waals surface area (Å²) in [4.78, 5) is 2.17. The molecule has 0 atom stereocenters. The van der Waals surface area contributed by atoms with Gasteiger partial charge in [0.05, 0.1) is 28.3 Å². The van der Waals surface area contributed by atoms with Crippen LogP contribution >= 0.6 is 0 Å². The van der Waals surface area contributed by atoms with E-state index in [1.165, 1.54) is 45.5 Å². The third kappa shape index (κ3) is 4.71. The first-order chi connectivity index (χ1) is 14.1. The van der Waals surface area contributed by atoms with Gasteiger partial charge in [-0.1, -0.05) is 0 Å². The smallest absolute Gasteiger partial charge is 0.261 e. The van der Waals surface area contributed by atoms with Gasteiger partial charge in [-0.2, -0.15) is 0 Å². The molecule has 2 aromatic carbocycles. The molecule has 0 saturated carbocycles. The van der Waals surface area contributed by atoms with Crippen LogP contribution in [0.5, 0.6) is 5.75 Å². The highest BCUT2D eigenvalue weighted by Crippen LogP contribution is 2.33. The predicted octanol–water partition coefficient (Wildman–Crippen LogP) is 2.74. The molecule has 0 amide bonds. The molecule has 0 aliphatic carbocycles. The Labute approximate surface area is 178 Å². The summed E-state index contributed by atoms with van der Waals surface area (Å²) < 4.78 is 59.4. The lowest BCUT2D eigenvalue weighted by Gasteiger charge is -2.30. The van der Waals surface area contributed by atoms with Crippen molar-refractivity contribution < 1.29 is 21.6 Å². The molecule has 1 N–H and O–H groups in total. The van der Waals surface area contributed by atoms with Crippen molar-refractivity contribution in [2.45, 2.75) is 29.1 Å². The lowest BCUT2D eigenvalue weighted by atomic mass is 10.1. The van der Waals surface area contributed by atoms with E-state index >= 15 is 0 Å². The monoisotopic (exact) mass is 453 g/mol. The molecule has 1 saturated heterocycles. The summed E-state index contributed by atoms with van der Waals surface area (Å²) in [6.45, 7) is 1.72. The lowest BCUT2D eigenvalue weighted by molar-refractivity contribution is 0.415. The van der Waals surface area contributed by atoms with Crippen LogP contribution in [0.4, 0.5) is 11.4 Å². The van der Waals surface area contributed by atoms with Crippen molar-refractivity contribution >= 4 is 31.4 Å². The molecule has 1 fully saturated rings. The summed E-state index contributed by atoms with van der Waals surface area (Å²) in [5.41, 5.74) is 1.23. The summed E-state index contributed by atoms with van der Waals surface area (Å²) in [5.74, 6) is 0.542. The molecule has 2 aromatic rings. The van der Waals surface area contributed by atoms with E-state index in [0.717, 1.165) is 42.3 Å². The number of rotatable bonds is 7. The minimum atomic E-state index is -3.92. The van der Waals surface area contributed by atoms with Crippen LogP contribution in [-0.4, -0.2) is 55.4 Å². The fourth-order valence-electron chi connectivity index (χ4n) is 3.34. The van der Waals surface area contributed by atoms with E-state index in [2.05, 4.69) is 9.62 Å². The van der Waals surface area contributed by atoms with Crippen molar-refractivity contribution in [2.75, 3.05) is 43.9 Å². The lowest BCUT2D eigenvalue weighted by Crippen LogP contribution is -2.30. The molecule has 0 radical (unpaired) electrons. The Morgan fingerprint density at radius 2 is 1.50 bits per heavy atom. The van der Waals surface area contributed by atoms with Crippen LogP contribution in [0.3, 0.4) is 0 Å². The van der Waals surface area contributed by atoms with Gasteiger partial charge < -0.3 is 9.64 Å².